The molecule has 0 radical (unpaired) electrons. The van der Waals surface area contributed by atoms with Crippen molar-refractivity contribution in [1.82, 2.24) is 9.97 Å². The van der Waals surface area contributed by atoms with E-state index in [1.165, 1.54) is 11.3 Å². The maximum atomic E-state index is 13.0. The molecule has 0 amide bonds. The van der Waals surface area contributed by atoms with Gasteiger partial charge in [0.2, 0.25) is 0 Å². The zero-order valence-electron chi connectivity index (χ0n) is 14.9. The van der Waals surface area contributed by atoms with Gasteiger partial charge in [-0.3, -0.25) is 4.79 Å². The Hall–Kier alpha value is -1.85. The van der Waals surface area contributed by atoms with Gasteiger partial charge in [-0.1, -0.05) is 59.9 Å². The average molecular weight is 450 g/mol. The molecule has 1 N–H and O–H groups in total. The van der Waals surface area contributed by atoms with E-state index in [0.29, 0.717) is 32.7 Å². The fourth-order valence-electron chi connectivity index (χ4n) is 3.23. The smallest absolute Gasteiger partial charge is 0.260 e. The Balaban J connectivity index is 1.86. The van der Waals surface area contributed by atoms with Crippen LogP contribution in [-0.4, -0.2) is 9.97 Å². The molecule has 2 heterocycles. The summed E-state index contributed by atoms with van der Waals surface area (Å²) in [5.74, 6) is 0.615. The number of halogens is 3. The van der Waals surface area contributed by atoms with Crippen molar-refractivity contribution in [3.63, 3.8) is 0 Å². The van der Waals surface area contributed by atoms with Crippen LogP contribution in [0.3, 0.4) is 0 Å². The Kier molecular flexibility index (Phi) is 5.48. The summed E-state index contributed by atoms with van der Waals surface area (Å²) in [4.78, 5) is 22.4. The number of H-pyrrole nitrogens is 1. The highest BCUT2D eigenvalue weighted by molar-refractivity contribution is 7.19. The van der Waals surface area contributed by atoms with Gasteiger partial charge in [-0.05, 0) is 41.8 Å². The average Bonchev–Trinajstić information content (AvgIpc) is 3.03. The summed E-state index contributed by atoms with van der Waals surface area (Å²) in [5.41, 5.74) is 2.59. The van der Waals surface area contributed by atoms with Gasteiger partial charge in [0, 0.05) is 21.9 Å². The number of aryl methyl sites for hydroxylation is 1. The van der Waals surface area contributed by atoms with E-state index >= 15 is 0 Å². The van der Waals surface area contributed by atoms with Crippen molar-refractivity contribution in [1.29, 1.82) is 0 Å². The van der Waals surface area contributed by atoms with E-state index in [-0.39, 0.29) is 5.56 Å². The molecule has 2 aromatic carbocycles. The number of hydrogen-bond donors (Lipinski definition) is 1. The predicted octanol–water partition coefficient (Wildman–Crippen LogP) is 6.77. The van der Waals surface area contributed by atoms with Gasteiger partial charge >= 0.3 is 0 Å². The maximum absolute atomic E-state index is 13.0. The second-order valence-electron chi connectivity index (χ2n) is 6.38. The van der Waals surface area contributed by atoms with E-state index in [1.807, 2.05) is 30.3 Å². The van der Waals surface area contributed by atoms with Crippen LogP contribution in [0, 0.1) is 0 Å². The SMILES string of the molecule is CCc1sc2nc(Cc3cccc(Cl)c3)[nH]c(=O)c2c1-c1ccc(Cl)c(Cl)c1. The van der Waals surface area contributed by atoms with Crippen LogP contribution in [0.5, 0.6) is 0 Å². The second kappa shape index (κ2) is 7.88. The zero-order valence-corrected chi connectivity index (χ0v) is 17.9. The van der Waals surface area contributed by atoms with Gasteiger partial charge in [0.05, 0.1) is 15.4 Å². The zero-order chi connectivity index (χ0) is 19.8. The van der Waals surface area contributed by atoms with Gasteiger partial charge in [0.25, 0.3) is 5.56 Å². The molecule has 4 rings (SSSR count). The lowest BCUT2D eigenvalue weighted by molar-refractivity contribution is 0.977. The minimum absolute atomic E-state index is 0.154. The van der Waals surface area contributed by atoms with Crippen LogP contribution in [0.15, 0.2) is 47.3 Å². The van der Waals surface area contributed by atoms with Gasteiger partial charge in [0.1, 0.15) is 10.7 Å². The summed E-state index contributed by atoms with van der Waals surface area (Å²) in [6.45, 7) is 2.06. The summed E-state index contributed by atoms with van der Waals surface area (Å²) in [7, 11) is 0. The topological polar surface area (TPSA) is 45.8 Å². The molecular formula is C21H15Cl3N2OS. The predicted molar refractivity (Wildman–Crippen MR) is 119 cm³/mol. The summed E-state index contributed by atoms with van der Waals surface area (Å²) < 4.78 is 0. The summed E-state index contributed by atoms with van der Waals surface area (Å²) in [6.07, 6.45) is 1.30. The highest BCUT2D eigenvalue weighted by atomic mass is 35.5. The fourth-order valence-corrected chi connectivity index (χ4v) is 4.89. The minimum Gasteiger partial charge on any atom is -0.310 e. The number of benzene rings is 2. The van der Waals surface area contributed by atoms with Gasteiger partial charge < -0.3 is 4.98 Å². The number of fused-ring (bicyclic) bond motifs is 1. The lowest BCUT2D eigenvalue weighted by atomic mass is 10.0. The molecular weight excluding hydrogens is 435 g/mol. The molecule has 2 aromatic heterocycles. The van der Waals surface area contributed by atoms with Crippen molar-refractivity contribution in [2.24, 2.45) is 0 Å². The molecule has 0 aliphatic rings. The monoisotopic (exact) mass is 448 g/mol. The molecule has 0 saturated heterocycles. The Morgan fingerprint density at radius 3 is 2.61 bits per heavy atom. The second-order valence-corrected chi connectivity index (χ2v) is 8.72. The van der Waals surface area contributed by atoms with Gasteiger partial charge in [-0.25, -0.2) is 4.98 Å². The molecule has 0 atom stereocenters. The van der Waals surface area contributed by atoms with Crippen LogP contribution in [0.2, 0.25) is 15.1 Å². The van der Waals surface area contributed by atoms with Crippen molar-refractivity contribution >= 4 is 56.4 Å². The molecule has 142 valence electrons. The molecule has 4 aromatic rings. The van der Waals surface area contributed by atoms with Gasteiger partial charge in [-0.2, -0.15) is 0 Å². The standard InChI is InChI=1S/C21H15Cl3N2OS/c1-2-16-18(12-6-7-14(23)15(24)10-12)19-20(27)25-17(26-21(19)28-16)9-11-4-3-5-13(22)8-11/h3-8,10H,2,9H2,1H3,(H,25,26,27). The summed E-state index contributed by atoms with van der Waals surface area (Å²) >= 11 is 19.9. The highest BCUT2D eigenvalue weighted by Crippen LogP contribution is 2.38. The van der Waals surface area contributed by atoms with E-state index in [1.54, 1.807) is 12.1 Å². The quantitative estimate of drug-likeness (QED) is 0.374. The van der Waals surface area contributed by atoms with Crippen LogP contribution in [0.1, 0.15) is 23.2 Å². The third-order valence-electron chi connectivity index (χ3n) is 4.47. The number of rotatable bonds is 4. The lowest BCUT2D eigenvalue weighted by Gasteiger charge is -2.06. The van der Waals surface area contributed by atoms with Crippen molar-refractivity contribution < 1.29 is 0 Å². The van der Waals surface area contributed by atoms with E-state index in [0.717, 1.165) is 32.8 Å². The molecule has 0 aliphatic carbocycles. The van der Waals surface area contributed by atoms with Crippen LogP contribution in [-0.2, 0) is 12.8 Å². The number of aromatic amines is 1. The van der Waals surface area contributed by atoms with Crippen molar-refractivity contribution in [3.05, 3.63) is 84.2 Å². The molecule has 7 heteroatoms. The Morgan fingerprint density at radius 1 is 1.07 bits per heavy atom. The van der Waals surface area contributed by atoms with E-state index in [4.69, 9.17) is 39.8 Å². The van der Waals surface area contributed by atoms with E-state index in [2.05, 4.69) is 11.9 Å². The first-order valence-electron chi connectivity index (χ1n) is 8.70. The fraction of sp³-hybridized carbons (Fsp3) is 0.143. The highest BCUT2D eigenvalue weighted by Gasteiger charge is 2.19. The molecule has 0 bridgehead atoms. The first kappa shape index (κ1) is 19.5. The molecule has 0 spiro atoms. The molecule has 0 saturated carbocycles. The molecule has 28 heavy (non-hydrogen) atoms. The number of aromatic nitrogens is 2. The normalized spacial score (nSPS) is 11.3. The van der Waals surface area contributed by atoms with Gasteiger partial charge in [0.15, 0.2) is 0 Å². The number of hydrogen-bond acceptors (Lipinski definition) is 3. The third kappa shape index (κ3) is 3.70. The summed E-state index contributed by atoms with van der Waals surface area (Å²) in [5, 5.41) is 2.20. The minimum atomic E-state index is -0.154. The van der Waals surface area contributed by atoms with Crippen LogP contribution >= 0.6 is 46.1 Å². The first-order chi connectivity index (χ1) is 13.5. The lowest BCUT2D eigenvalue weighted by Crippen LogP contribution is -2.11. The van der Waals surface area contributed by atoms with Crippen molar-refractivity contribution in [2.75, 3.05) is 0 Å². The largest absolute Gasteiger partial charge is 0.310 e. The van der Waals surface area contributed by atoms with Crippen LogP contribution in [0.25, 0.3) is 21.3 Å². The molecule has 0 aliphatic heterocycles. The van der Waals surface area contributed by atoms with Gasteiger partial charge in [-0.15, -0.1) is 11.3 Å². The van der Waals surface area contributed by atoms with Crippen molar-refractivity contribution in [3.8, 4) is 11.1 Å². The maximum Gasteiger partial charge on any atom is 0.260 e. The number of nitrogens with zero attached hydrogens (tertiary/aromatic N) is 1. The number of nitrogens with one attached hydrogen (secondary N) is 1. The third-order valence-corrected chi connectivity index (χ3v) is 6.68. The van der Waals surface area contributed by atoms with E-state index < -0.39 is 0 Å². The number of thiophene rings is 1. The van der Waals surface area contributed by atoms with E-state index in [9.17, 15) is 4.79 Å². The Labute approximate surface area is 180 Å². The Morgan fingerprint density at radius 2 is 1.89 bits per heavy atom. The first-order valence-corrected chi connectivity index (χ1v) is 10.7. The van der Waals surface area contributed by atoms with Crippen LogP contribution < -0.4 is 5.56 Å². The summed E-state index contributed by atoms with van der Waals surface area (Å²) in [6, 6.07) is 13.0. The van der Waals surface area contributed by atoms with Crippen LogP contribution in [0.4, 0.5) is 0 Å². The molecule has 0 fully saturated rings. The Bertz CT molecular complexity index is 1250. The molecule has 0 unspecified atom stereocenters. The molecule has 3 nitrogen and oxygen atoms in total. The van der Waals surface area contributed by atoms with Crippen molar-refractivity contribution in [2.45, 2.75) is 19.8 Å².